The van der Waals surface area contributed by atoms with Gasteiger partial charge in [-0.25, -0.2) is 4.98 Å². The summed E-state index contributed by atoms with van der Waals surface area (Å²) in [6.45, 7) is 8.19. The Morgan fingerprint density at radius 1 is 1.41 bits per heavy atom. The van der Waals surface area contributed by atoms with E-state index in [9.17, 15) is 4.79 Å². The Morgan fingerprint density at radius 3 is 2.65 bits per heavy atom. The number of likely N-dealkylation sites (N-methyl/N-ethyl adjacent to an activating group) is 1. The molecule has 0 spiro atoms. The minimum absolute atomic E-state index is 0.0547. The molecular formula is C11H15ClN4O. The van der Waals surface area contributed by atoms with E-state index in [4.69, 9.17) is 11.6 Å². The number of hydrogen-bond acceptors (Lipinski definition) is 4. The number of aromatic nitrogens is 2. The zero-order chi connectivity index (χ0) is 12.8. The maximum Gasteiger partial charge on any atom is 0.249 e. The Kier molecular flexibility index (Phi) is 2.73. The van der Waals surface area contributed by atoms with Crippen LogP contribution in [0.5, 0.6) is 0 Å². The van der Waals surface area contributed by atoms with Gasteiger partial charge in [0, 0.05) is 6.54 Å². The van der Waals surface area contributed by atoms with E-state index < -0.39 is 5.54 Å². The lowest BCUT2D eigenvalue weighted by Crippen LogP contribution is -2.56. The molecule has 0 atom stereocenters. The number of fused-ring (bicyclic) bond motifs is 1. The third kappa shape index (κ3) is 1.74. The van der Waals surface area contributed by atoms with Crippen LogP contribution < -0.4 is 10.2 Å². The quantitative estimate of drug-likeness (QED) is 0.779. The van der Waals surface area contributed by atoms with Gasteiger partial charge >= 0.3 is 0 Å². The summed E-state index contributed by atoms with van der Waals surface area (Å²) in [5, 5.41) is 3.05. The lowest BCUT2D eigenvalue weighted by Gasteiger charge is -2.42. The number of aryl methyl sites for hydroxylation is 1. The van der Waals surface area contributed by atoms with Gasteiger partial charge in [-0.15, -0.1) is 0 Å². The number of nitrogens with one attached hydrogen (secondary N) is 1. The van der Waals surface area contributed by atoms with Gasteiger partial charge < -0.3 is 10.2 Å². The molecule has 1 aromatic rings. The van der Waals surface area contributed by atoms with Crippen molar-refractivity contribution in [3.8, 4) is 0 Å². The summed E-state index contributed by atoms with van der Waals surface area (Å²) < 4.78 is 0. The largest absolute Gasteiger partial charge is 0.341 e. The number of anilines is 2. The first-order chi connectivity index (χ1) is 7.87. The Balaban J connectivity index is 2.65. The molecule has 0 unspecified atom stereocenters. The average molecular weight is 255 g/mol. The Labute approximate surface area is 105 Å². The number of rotatable bonds is 1. The first-order valence-corrected chi connectivity index (χ1v) is 5.89. The summed E-state index contributed by atoms with van der Waals surface area (Å²) in [5.41, 5.74) is 0.703. The lowest BCUT2D eigenvalue weighted by atomic mass is 9.98. The van der Waals surface area contributed by atoms with Crippen LogP contribution >= 0.6 is 11.6 Å². The molecule has 2 heterocycles. The number of nitrogens with zero attached hydrogens (tertiary/aromatic N) is 3. The normalized spacial score (nSPS) is 17.7. The molecule has 5 nitrogen and oxygen atoms in total. The third-order valence-electron chi connectivity index (χ3n) is 3.08. The number of carbonyl (C=O) groups is 1. The van der Waals surface area contributed by atoms with Gasteiger partial charge in [0.05, 0.1) is 5.69 Å². The molecule has 0 saturated carbocycles. The summed E-state index contributed by atoms with van der Waals surface area (Å²) in [6, 6.07) is 0. The number of amides is 1. The van der Waals surface area contributed by atoms with Crippen LogP contribution in [-0.2, 0) is 4.79 Å². The van der Waals surface area contributed by atoms with Crippen molar-refractivity contribution in [2.24, 2.45) is 0 Å². The molecule has 0 aromatic carbocycles. The molecule has 1 aromatic heterocycles. The molecule has 1 N–H and O–H groups in total. The summed E-state index contributed by atoms with van der Waals surface area (Å²) in [5.74, 6) is 0.635. The lowest BCUT2D eigenvalue weighted by molar-refractivity contribution is -0.120. The Morgan fingerprint density at radius 2 is 2.06 bits per heavy atom. The fourth-order valence-electron chi connectivity index (χ4n) is 2.06. The molecule has 0 radical (unpaired) electrons. The highest BCUT2D eigenvalue weighted by molar-refractivity contribution is 6.28. The minimum Gasteiger partial charge on any atom is -0.341 e. The van der Waals surface area contributed by atoms with E-state index in [0.717, 1.165) is 0 Å². The fourth-order valence-corrected chi connectivity index (χ4v) is 2.27. The van der Waals surface area contributed by atoms with Crippen LogP contribution in [0.2, 0.25) is 5.28 Å². The van der Waals surface area contributed by atoms with Gasteiger partial charge in [0.15, 0.2) is 5.82 Å². The Bertz CT molecular complexity index is 487. The maximum absolute atomic E-state index is 12.0. The predicted molar refractivity (Wildman–Crippen MR) is 67.5 cm³/mol. The van der Waals surface area contributed by atoms with E-state index in [-0.39, 0.29) is 11.2 Å². The standard InChI is InChI=1S/C11H15ClN4O/c1-5-16-8-7(6(2)13-10(12)15-8)14-9(17)11(16,3)4/h5H2,1-4H3,(H,14,17). The molecule has 0 fully saturated rings. The van der Waals surface area contributed by atoms with Crippen molar-refractivity contribution in [1.29, 1.82) is 0 Å². The van der Waals surface area contributed by atoms with E-state index in [2.05, 4.69) is 15.3 Å². The number of hydrogen-bond donors (Lipinski definition) is 1. The molecule has 2 rings (SSSR count). The third-order valence-corrected chi connectivity index (χ3v) is 3.25. The summed E-state index contributed by atoms with van der Waals surface area (Å²) in [4.78, 5) is 22.2. The first-order valence-electron chi connectivity index (χ1n) is 5.51. The van der Waals surface area contributed by atoms with Crippen LogP contribution in [-0.4, -0.2) is 28.0 Å². The summed E-state index contributed by atoms with van der Waals surface area (Å²) in [6.07, 6.45) is 0. The van der Waals surface area contributed by atoms with Crippen molar-refractivity contribution < 1.29 is 4.79 Å². The van der Waals surface area contributed by atoms with Crippen molar-refractivity contribution >= 4 is 29.0 Å². The van der Waals surface area contributed by atoms with Crippen LogP contribution in [0.1, 0.15) is 26.5 Å². The maximum atomic E-state index is 12.0. The van der Waals surface area contributed by atoms with Crippen LogP contribution in [0.25, 0.3) is 0 Å². The topological polar surface area (TPSA) is 58.1 Å². The predicted octanol–water partition coefficient (Wildman–Crippen LogP) is 2.00. The van der Waals surface area contributed by atoms with Crippen LogP contribution in [0.4, 0.5) is 11.5 Å². The van der Waals surface area contributed by atoms with E-state index in [1.165, 1.54) is 0 Å². The smallest absolute Gasteiger partial charge is 0.249 e. The molecule has 1 aliphatic rings. The van der Waals surface area contributed by atoms with E-state index in [0.29, 0.717) is 23.7 Å². The second-order valence-corrected chi connectivity index (χ2v) is 4.87. The van der Waals surface area contributed by atoms with Crippen molar-refractivity contribution in [3.05, 3.63) is 11.0 Å². The first kappa shape index (κ1) is 12.1. The highest BCUT2D eigenvalue weighted by Gasteiger charge is 2.41. The molecule has 6 heteroatoms. The van der Waals surface area contributed by atoms with Crippen molar-refractivity contribution in [2.75, 3.05) is 16.8 Å². The monoisotopic (exact) mass is 254 g/mol. The van der Waals surface area contributed by atoms with Gasteiger partial charge in [0.25, 0.3) is 0 Å². The molecule has 0 saturated heterocycles. The highest BCUT2D eigenvalue weighted by atomic mass is 35.5. The van der Waals surface area contributed by atoms with Crippen molar-refractivity contribution in [2.45, 2.75) is 33.2 Å². The molecule has 17 heavy (non-hydrogen) atoms. The second-order valence-electron chi connectivity index (χ2n) is 4.53. The van der Waals surface area contributed by atoms with Gasteiger partial charge in [0.1, 0.15) is 11.2 Å². The van der Waals surface area contributed by atoms with Crippen LogP contribution in [0, 0.1) is 6.92 Å². The fraction of sp³-hybridized carbons (Fsp3) is 0.545. The van der Waals surface area contributed by atoms with E-state index >= 15 is 0 Å². The van der Waals surface area contributed by atoms with Crippen molar-refractivity contribution in [3.63, 3.8) is 0 Å². The van der Waals surface area contributed by atoms with Crippen LogP contribution in [0.3, 0.4) is 0 Å². The molecule has 1 amide bonds. The van der Waals surface area contributed by atoms with E-state index in [1.54, 1.807) is 6.92 Å². The minimum atomic E-state index is -0.633. The Hall–Kier alpha value is -1.36. The van der Waals surface area contributed by atoms with Gasteiger partial charge in [-0.2, -0.15) is 4.98 Å². The molecule has 1 aliphatic heterocycles. The molecule has 0 aliphatic carbocycles. The van der Waals surface area contributed by atoms with Gasteiger partial charge in [-0.1, -0.05) is 0 Å². The zero-order valence-electron chi connectivity index (χ0n) is 10.3. The molecular weight excluding hydrogens is 240 g/mol. The molecule has 0 bridgehead atoms. The van der Waals surface area contributed by atoms with Gasteiger partial charge in [-0.05, 0) is 39.3 Å². The highest BCUT2D eigenvalue weighted by Crippen LogP contribution is 2.36. The van der Waals surface area contributed by atoms with Gasteiger partial charge in [0.2, 0.25) is 11.2 Å². The number of carbonyl (C=O) groups excluding carboxylic acids is 1. The SMILES string of the molecule is CCN1c2nc(Cl)nc(C)c2NC(=O)C1(C)C. The van der Waals surface area contributed by atoms with E-state index in [1.807, 2.05) is 25.7 Å². The second kappa shape index (κ2) is 3.84. The van der Waals surface area contributed by atoms with Gasteiger partial charge in [-0.3, -0.25) is 4.79 Å². The van der Waals surface area contributed by atoms with Crippen LogP contribution in [0.15, 0.2) is 0 Å². The van der Waals surface area contributed by atoms with Crippen molar-refractivity contribution in [1.82, 2.24) is 9.97 Å². The molecule has 92 valence electrons. The average Bonchev–Trinajstić information content (AvgIpc) is 2.21. The zero-order valence-corrected chi connectivity index (χ0v) is 11.1. The summed E-state index contributed by atoms with van der Waals surface area (Å²) >= 11 is 5.87. The number of halogens is 1. The summed E-state index contributed by atoms with van der Waals surface area (Å²) in [7, 11) is 0.